The molecule has 0 bridgehead atoms. The first-order valence-electron chi connectivity index (χ1n) is 7.76. The van der Waals surface area contributed by atoms with Gasteiger partial charge in [-0.1, -0.05) is 0 Å². The van der Waals surface area contributed by atoms with E-state index in [1.165, 1.54) is 32.5 Å². The normalized spacial score (nSPS) is 11.9. The van der Waals surface area contributed by atoms with Crippen molar-refractivity contribution in [1.29, 1.82) is 0 Å². The van der Waals surface area contributed by atoms with Crippen LogP contribution >= 0.6 is 11.3 Å². The van der Waals surface area contributed by atoms with Crippen molar-refractivity contribution in [2.75, 3.05) is 14.2 Å². The average molecular weight is 380 g/mol. The number of carbonyl (C=O) groups excluding carboxylic acids is 3. The molecule has 0 amide bonds. The molecule has 26 heavy (non-hydrogen) atoms. The largest absolute Gasteiger partial charge is 0.465 e. The van der Waals surface area contributed by atoms with Crippen LogP contribution < -0.4 is 0 Å². The topological polar surface area (TPSA) is 108 Å². The number of aryl methyl sites for hydroxylation is 1. The Hall–Kier alpha value is -2.52. The van der Waals surface area contributed by atoms with Gasteiger partial charge >= 0.3 is 11.9 Å². The van der Waals surface area contributed by atoms with E-state index in [2.05, 4.69) is 9.97 Å². The molecule has 0 fully saturated rings. The molecule has 1 unspecified atom stereocenters. The lowest BCUT2D eigenvalue weighted by Crippen LogP contribution is -2.25. The molecule has 140 valence electrons. The van der Waals surface area contributed by atoms with E-state index in [-0.39, 0.29) is 11.4 Å². The maximum Gasteiger partial charge on any atom is 0.358 e. The Bertz CT molecular complexity index is 838. The van der Waals surface area contributed by atoms with Crippen molar-refractivity contribution >= 4 is 29.1 Å². The number of nitrogens with zero attached hydrogens (tertiary/aromatic N) is 1. The first kappa shape index (κ1) is 19.8. The average Bonchev–Trinajstić information content (AvgIpc) is 3.18. The zero-order chi connectivity index (χ0) is 19.4. The summed E-state index contributed by atoms with van der Waals surface area (Å²) in [6, 6.07) is 0. The third-order valence-corrected chi connectivity index (χ3v) is 4.58. The zero-order valence-corrected chi connectivity index (χ0v) is 16.0. The molecule has 2 aromatic heterocycles. The summed E-state index contributed by atoms with van der Waals surface area (Å²) in [5.74, 6) is -1.67. The summed E-state index contributed by atoms with van der Waals surface area (Å²) in [4.78, 5) is 43.6. The van der Waals surface area contributed by atoms with Crippen LogP contribution in [-0.2, 0) is 20.8 Å². The number of rotatable bonds is 7. The molecule has 0 aliphatic heterocycles. The smallest absolute Gasteiger partial charge is 0.358 e. The molecular weight excluding hydrogens is 360 g/mol. The predicted octanol–water partition coefficient (Wildman–Crippen LogP) is 2.45. The van der Waals surface area contributed by atoms with Crippen LogP contribution in [0.1, 0.15) is 54.5 Å². The number of hydrogen-bond acceptors (Lipinski definition) is 8. The number of carbonyl (C=O) groups is 3. The fourth-order valence-corrected chi connectivity index (χ4v) is 3.21. The van der Waals surface area contributed by atoms with Crippen LogP contribution in [0.2, 0.25) is 0 Å². The molecule has 0 spiro atoms. The Balaban J connectivity index is 2.14. The summed E-state index contributed by atoms with van der Waals surface area (Å²) < 4.78 is 14.9. The fourth-order valence-electron chi connectivity index (χ4n) is 2.48. The number of aromatic nitrogens is 2. The lowest BCUT2D eigenvalue weighted by atomic mass is 10.1. The molecule has 0 aliphatic carbocycles. The lowest BCUT2D eigenvalue weighted by molar-refractivity contribution is 0.0311. The van der Waals surface area contributed by atoms with Gasteiger partial charge in [0.1, 0.15) is 5.01 Å². The number of methoxy groups -OCH3 is 2. The van der Waals surface area contributed by atoms with E-state index in [1.807, 2.05) is 0 Å². The van der Waals surface area contributed by atoms with Gasteiger partial charge in [-0.2, -0.15) is 0 Å². The van der Waals surface area contributed by atoms with E-state index in [0.29, 0.717) is 28.4 Å². The van der Waals surface area contributed by atoms with Gasteiger partial charge < -0.3 is 19.2 Å². The molecule has 2 aromatic rings. The number of Topliss-reactive ketones (excluding diaryl/α,β-unsaturated/α-hetero) is 1. The summed E-state index contributed by atoms with van der Waals surface area (Å²) in [5.41, 5.74) is 1.61. The van der Waals surface area contributed by atoms with E-state index in [4.69, 9.17) is 14.2 Å². The number of H-pyrrole nitrogens is 1. The Morgan fingerprint density at radius 1 is 1.23 bits per heavy atom. The van der Waals surface area contributed by atoms with Gasteiger partial charge in [-0.05, 0) is 26.3 Å². The molecule has 1 atom stereocenters. The summed E-state index contributed by atoms with van der Waals surface area (Å²) in [6.07, 6.45) is -1.04. The number of ketones is 1. The highest BCUT2D eigenvalue weighted by Gasteiger charge is 2.28. The number of thiazole rings is 1. The SMILES string of the molecule is COCc1nc(C(=O)OC(C)C(=O)c2[nH]c(C)c(C(=O)OC)c2C)cs1. The highest BCUT2D eigenvalue weighted by Crippen LogP contribution is 2.21. The third kappa shape index (κ3) is 4.00. The van der Waals surface area contributed by atoms with Gasteiger partial charge in [0.2, 0.25) is 5.78 Å². The van der Waals surface area contributed by atoms with Gasteiger partial charge in [0, 0.05) is 18.2 Å². The first-order chi connectivity index (χ1) is 12.3. The Morgan fingerprint density at radius 2 is 1.92 bits per heavy atom. The molecule has 8 nitrogen and oxygen atoms in total. The van der Waals surface area contributed by atoms with Crippen molar-refractivity contribution < 1.29 is 28.6 Å². The Morgan fingerprint density at radius 3 is 2.54 bits per heavy atom. The minimum atomic E-state index is -1.04. The van der Waals surface area contributed by atoms with Gasteiger partial charge in [-0.15, -0.1) is 11.3 Å². The van der Waals surface area contributed by atoms with E-state index < -0.39 is 23.8 Å². The summed E-state index contributed by atoms with van der Waals surface area (Å²) in [5, 5.41) is 2.18. The van der Waals surface area contributed by atoms with E-state index >= 15 is 0 Å². The number of hydrogen-bond donors (Lipinski definition) is 1. The van der Waals surface area contributed by atoms with Crippen LogP contribution in [0.4, 0.5) is 0 Å². The van der Waals surface area contributed by atoms with Crippen molar-refractivity contribution in [3.63, 3.8) is 0 Å². The highest BCUT2D eigenvalue weighted by molar-refractivity contribution is 7.09. The molecule has 0 radical (unpaired) electrons. The summed E-state index contributed by atoms with van der Waals surface area (Å²) >= 11 is 1.27. The van der Waals surface area contributed by atoms with Crippen LogP contribution in [0.5, 0.6) is 0 Å². The molecule has 9 heteroatoms. The molecular formula is C17H20N2O6S. The molecule has 0 aromatic carbocycles. The van der Waals surface area contributed by atoms with E-state index in [0.717, 1.165) is 0 Å². The molecule has 0 saturated heterocycles. The third-order valence-electron chi connectivity index (χ3n) is 3.76. The number of esters is 2. The van der Waals surface area contributed by atoms with Gasteiger partial charge in [-0.25, -0.2) is 14.6 Å². The van der Waals surface area contributed by atoms with Crippen LogP contribution in [0.15, 0.2) is 5.38 Å². The molecule has 0 saturated carbocycles. The Labute approximate surface area is 154 Å². The minimum Gasteiger partial charge on any atom is -0.465 e. The molecule has 2 heterocycles. The lowest BCUT2D eigenvalue weighted by Gasteiger charge is -2.11. The van der Waals surface area contributed by atoms with Crippen molar-refractivity contribution in [2.45, 2.75) is 33.5 Å². The van der Waals surface area contributed by atoms with Gasteiger partial charge in [0.15, 0.2) is 11.8 Å². The van der Waals surface area contributed by atoms with Gasteiger partial charge in [0.05, 0.1) is 25.0 Å². The van der Waals surface area contributed by atoms with Crippen molar-refractivity contribution in [3.05, 3.63) is 38.6 Å². The zero-order valence-electron chi connectivity index (χ0n) is 15.2. The quantitative estimate of drug-likeness (QED) is 0.580. The van der Waals surface area contributed by atoms with Crippen LogP contribution in [0, 0.1) is 13.8 Å². The van der Waals surface area contributed by atoms with Crippen molar-refractivity contribution in [1.82, 2.24) is 9.97 Å². The second-order valence-electron chi connectivity index (χ2n) is 5.59. The first-order valence-corrected chi connectivity index (χ1v) is 8.64. The van der Waals surface area contributed by atoms with Crippen molar-refractivity contribution in [3.8, 4) is 0 Å². The van der Waals surface area contributed by atoms with Crippen LogP contribution in [0.3, 0.4) is 0 Å². The minimum absolute atomic E-state index is 0.122. The summed E-state index contributed by atoms with van der Waals surface area (Å²) in [7, 11) is 2.80. The molecule has 2 rings (SSSR count). The predicted molar refractivity (Wildman–Crippen MR) is 93.6 cm³/mol. The number of nitrogens with one attached hydrogen (secondary N) is 1. The highest BCUT2D eigenvalue weighted by atomic mass is 32.1. The Kier molecular flexibility index (Phi) is 6.27. The summed E-state index contributed by atoms with van der Waals surface area (Å²) in [6.45, 7) is 5.06. The number of ether oxygens (including phenoxy) is 3. The second-order valence-corrected chi connectivity index (χ2v) is 6.53. The van der Waals surface area contributed by atoms with Gasteiger partial charge in [-0.3, -0.25) is 4.79 Å². The van der Waals surface area contributed by atoms with Crippen LogP contribution in [0.25, 0.3) is 0 Å². The standard InChI is InChI=1S/C17H20N2O6S/c1-8-13(17(22)24-5)9(2)18-14(8)15(20)10(3)25-16(21)11-7-26-12(19-11)6-23-4/h7,10,18H,6H2,1-5H3. The second kappa shape index (κ2) is 8.24. The van der Waals surface area contributed by atoms with Gasteiger partial charge in [0.25, 0.3) is 0 Å². The number of aromatic amines is 1. The molecule has 1 N–H and O–H groups in total. The fraction of sp³-hybridized carbons (Fsp3) is 0.412. The van der Waals surface area contributed by atoms with E-state index in [9.17, 15) is 14.4 Å². The maximum absolute atomic E-state index is 12.6. The van der Waals surface area contributed by atoms with E-state index in [1.54, 1.807) is 19.2 Å². The monoisotopic (exact) mass is 380 g/mol. The molecule has 0 aliphatic rings. The van der Waals surface area contributed by atoms with Crippen molar-refractivity contribution in [2.24, 2.45) is 0 Å². The maximum atomic E-state index is 12.6. The van der Waals surface area contributed by atoms with Crippen LogP contribution in [-0.4, -0.2) is 48.0 Å².